The summed E-state index contributed by atoms with van der Waals surface area (Å²) >= 11 is 0. The Hall–Kier alpha value is -3.76. The van der Waals surface area contributed by atoms with E-state index in [1.165, 1.54) is 28.9 Å². The molecule has 2 aromatic carbocycles. The van der Waals surface area contributed by atoms with E-state index in [2.05, 4.69) is 15.0 Å². The van der Waals surface area contributed by atoms with E-state index < -0.39 is 30.6 Å². The fraction of sp³-hybridized carbons (Fsp3) is 0.231. The van der Waals surface area contributed by atoms with E-state index in [1.54, 1.807) is 18.2 Å². The molecule has 0 radical (unpaired) electrons. The highest BCUT2D eigenvalue weighted by Gasteiger charge is 2.32. The molecule has 10 heteroatoms. The van der Waals surface area contributed by atoms with Crippen molar-refractivity contribution in [2.24, 2.45) is 0 Å². The van der Waals surface area contributed by atoms with Gasteiger partial charge in [-0.15, -0.1) is 0 Å². The minimum atomic E-state index is -4.45. The van der Waals surface area contributed by atoms with Gasteiger partial charge in [0.1, 0.15) is 23.8 Å². The van der Waals surface area contributed by atoms with Crippen molar-refractivity contribution >= 4 is 17.2 Å². The minimum absolute atomic E-state index is 0.0614. The molecule has 1 aliphatic carbocycles. The molecule has 36 heavy (non-hydrogen) atoms. The molecule has 2 atom stereocenters. The number of ether oxygens (including phenoxy) is 1. The van der Waals surface area contributed by atoms with Gasteiger partial charge in [-0.3, -0.25) is 9.20 Å². The summed E-state index contributed by atoms with van der Waals surface area (Å²) in [5, 5.41) is 13.2. The van der Waals surface area contributed by atoms with Gasteiger partial charge in [-0.2, -0.15) is 13.2 Å². The summed E-state index contributed by atoms with van der Waals surface area (Å²) in [6, 6.07) is 15.1. The van der Waals surface area contributed by atoms with Crippen LogP contribution < -0.4 is 5.32 Å². The standard InChI is InChI=1S/C26H21F4N3O3/c27-19-7-6-17(24-18-4-2-1-3-16(18)10-22(24)34)9-20(19)32-25(35)21-11-31-23-8-5-15(12-33(21)23)13-36-14-26(28,29)30/h1-9,11-12,22,24,34H,10,13-14H2,(H,32,35)/t22-,24?/m1/s1. The zero-order valence-corrected chi connectivity index (χ0v) is 18.8. The van der Waals surface area contributed by atoms with Gasteiger partial charge in [-0.25, -0.2) is 9.37 Å². The summed E-state index contributed by atoms with van der Waals surface area (Å²) in [7, 11) is 0. The normalized spacial score (nSPS) is 17.4. The maximum absolute atomic E-state index is 14.7. The number of halogens is 4. The molecule has 2 heterocycles. The summed E-state index contributed by atoms with van der Waals surface area (Å²) in [6.07, 6.45) is -1.89. The Morgan fingerprint density at radius 2 is 1.97 bits per heavy atom. The zero-order valence-electron chi connectivity index (χ0n) is 18.8. The van der Waals surface area contributed by atoms with Crippen LogP contribution in [-0.2, 0) is 17.8 Å². The van der Waals surface area contributed by atoms with Gasteiger partial charge in [0.2, 0.25) is 0 Å². The maximum Gasteiger partial charge on any atom is 0.411 e. The third-order valence-corrected chi connectivity index (χ3v) is 6.14. The molecule has 1 unspecified atom stereocenters. The van der Waals surface area contributed by atoms with Crippen molar-refractivity contribution in [1.82, 2.24) is 9.38 Å². The van der Waals surface area contributed by atoms with Crippen molar-refractivity contribution in [1.29, 1.82) is 0 Å². The first-order chi connectivity index (χ1) is 17.2. The average Bonchev–Trinajstić information content (AvgIpc) is 3.39. The summed E-state index contributed by atoms with van der Waals surface area (Å²) in [4.78, 5) is 17.2. The number of alkyl halides is 3. The van der Waals surface area contributed by atoms with Gasteiger partial charge >= 0.3 is 6.18 Å². The Balaban J connectivity index is 1.38. The van der Waals surface area contributed by atoms with Crippen LogP contribution in [0.3, 0.4) is 0 Å². The predicted molar refractivity (Wildman–Crippen MR) is 123 cm³/mol. The number of carbonyl (C=O) groups excluding carboxylic acids is 1. The van der Waals surface area contributed by atoms with E-state index in [0.29, 0.717) is 23.2 Å². The number of hydrogen-bond acceptors (Lipinski definition) is 4. The number of anilines is 1. The number of fused-ring (bicyclic) bond motifs is 2. The Labute approximate surface area is 203 Å². The van der Waals surface area contributed by atoms with Gasteiger partial charge in [-0.1, -0.05) is 36.4 Å². The number of rotatable bonds is 6. The molecule has 0 bridgehead atoms. The van der Waals surface area contributed by atoms with E-state index in [9.17, 15) is 27.5 Å². The quantitative estimate of drug-likeness (QED) is 0.372. The lowest BCUT2D eigenvalue weighted by Gasteiger charge is -2.18. The molecule has 186 valence electrons. The lowest BCUT2D eigenvalue weighted by atomic mass is 9.91. The lowest BCUT2D eigenvalue weighted by Crippen LogP contribution is -2.18. The number of aliphatic hydroxyl groups excluding tert-OH is 1. The van der Waals surface area contributed by atoms with Crippen molar-refractivity contribution in [3.8, 4) is 0 Å². The van der Waals surface area contributed by atoms with Crippen molar-refractivity contribution in [3.05, 3.63) is 101 Å². The lowest BCUT2D eigenvalue weighted by molar-refractivity contribution is -0.176. The number of aromatic nitrogens is 2. The van der Waals surface area contributed by atoms with Crippen LogP contribution in [0.5, 0.6) is 0 Å². The van der Waals surface area contributed by atoms with E-state index in [4.69, 9.17) is 0 Å². The van der Waals surface area contributed by atoms with Crippen LogP contribution in [-0.4, -0.2) is 39.3 Å². The van der Waals surface area contributed by atoms with Crippen LogP contribution >= 0.6 is 0 Å². The van der Waals surface area contributed by atoms with Crippen molar-refractivity contribution in [2.75, 3.05) is 11.9 Å². The number of nitrogens with one attached hydrogen (secondary N) is 1. The number of pyridine rings is 1. The number of hydrogen-bond donors (Lipinski definition) is 2. The monoisotopic (exact) mass is 499 g/mol. The Kier molecular flexibility index (Phi) is 6.23. The number of amides is 1. The Morgan fingerprint density at radius 1 is 1.17 bits per heavy atom. The van der Waals surface area contributed by atoms with Crippen LogP contribution in [0.15, 0.2) is 67.0 Å². The number of benzene rings is 2. The second-order valence-electron chi connectivity index (χ2n) is 8.66. The molecule has 0 saturated heterocycles. The maximum atomic E-state index is 14.7. The summed E-state index contributed by atoms with van der Waals surface area (Å²) in [6.45, 7) is -1.70. The highest BCUT2D eigenvalue weighted by molar-refractivity contribution is 6.03. The van der Waals surface area contributed by atoms with Crippen LogP contribution in [0, 0.1) is 5.82 Å². The van der Waals surface area contributed by atoms with Gasteiger partial charge in [0, 0.05) is 12.1 Å². The molecule has 1 aliphatic rings. The molecule has 1 amide bonds. The van der Waals surface area contributed by atoms with Crippen LogP contribution in [0.1, 0.15) is 38.7 Å². The Bertz CT molecular complexity index is 1430. The topological polar surface area (TPSA) is 75.9 Å². The molecule has 0 spiro atoms. The minimum Gasteiger partial charge on any atom is -0.392 e. The van der Waals surface area contributed by atoms with Gasteiger partial charge in [0.25, 0.3) is 5.91 Å². The van der Waals surface area contributed by atoms with Crippen LogP contribution in [0.4, 0.5) is 23.2 Å². The van der Waals surface area contributed by atoms with Gasteiger partial charge in [-0.05, 0) is 46.9 Å². The molecule has 0 fully saturated rings. The Morgan fingerprint density at radius 3 is 2.78 bits per heavy atom. The average molecular weight is 499 g/mol. The van der Waals surface area contributed by atoms with E-state index in [-0.39, 0.29) is 23.9 Å². The number of imidazole rings is 1. The first-order valence-electron chi connectivity index (χ1n) is 11.2. The summed E-state index contributed by atoms with van der Waals surface area (Å²) < 4.78 is 57.8. The molecule has 0 aliphatic heterocycles. The molecule has 4 aromatic rings. The smallest absolute Gasteiger partial charge is 0.392 e. The third-order valence-electron chi connectivity index (χ3n) is 6.14. The molecular weight excluding hydrogens is 478 g/mol. The zero-order chi connectivity index (χ0) is 25.4. The van der Waals surface area contributed by atoms with E-state index in [1.807, 2.05) is 24.3 Å². The highest BCUT2D eigenvalue weighted by atomic mass is 19.4. The number of aliphatic hydroxyl groups is 1. The second-order valence-corrected chi connectivity index (χ2v) is 8.66. The predicted octanol–water partition coefficient (Wildman–Crippen LogP) is 4.85. The van der Waals surface area contributed by atoms with Crippen molar-refractivity contribution in [3.63, 3.8) is 0 Å². The first-order valence-corrected chi connectivity index (χ1v) is 11.2. The van der Waals surface area contributed by atoms with Crippen molar-refractivity contribution < 1.29 is 32.2 Å². The summed E-state index contributed by atoms with van der Waals surface area (Å²) in [5.41, 5.74) is 3.43. The number of nitrogens with zero attached hydrogens (tertiary/aromatic N) is 2. The molecule has 2 aromatic heterocycles. The second kappa shape index (κ2) is 9.36. The van der Waals surface area contributed by atoms with Gasteiger partial charge in [0.05, 0.1) is 24.6 Å². The highest BCUT2D eigenvalue weighted by Crippen LogP contribution is 2.39. The van der Waals surface area contributed by atoms with Crippen LogP contribution in [0.25, 0.3) is 5.65 Å². The summed E-state index contributed by atoms with van der Waals surface area (Å²) in [5.74, 6) is -1.66. The number of carbonyl (C=O) groups is 1. The molecule has 6 nitrogen and oxygen atoms in total. The first kappa shape index (κ1) is 24.0. The SMILES string of the molecule is O=C(Nc1cc(C2c3ccccc3C[C@H]2O)ccc1F)c1cnc2ccc(COCC(F)(F)F)cn12. The van der Waals surface area contributed by atoms with Crippen molar-refractivity contribution in [2.45, 2.75) is 31.2 Å². The molecule has 0 saturated carbocycles. The van der Waals surface area contributed by atoms with Gasteiger partial charge in [0.15, 0.2) is 0 Å². The fourth-order valence-corrected chi connectivity index (χ4v) is 4.56. The van der Waals surface area contributed by atoms with E-state index in [0.717, 1.165) is 11.1 Å². The molecular formula is C26H21F4N3O3. The molecule has 5 rings (SSSR count). The van der Waals surface area contributed by atoms with Crippen LogP contribution in [0.2, 0.25) is 0 Å². The van der Waals surface area contributed by atoms with E-state index >= 15 is 0 Å². The molecule has 2 N–H and O–H groups in total. The largest absolute Gasteiger partial charge is 0.411 e. The fourth-order valence-electron chi connectivity index (χ4n) is 4.56. The third kappa shape index (κ3) is 4.82. The van der Waals surface area contributed by atoms with Gasteiger partial charge < -0.3 is 15.2 Å².